The lowest BCUT2D eigenvalue weighted by atomic mass is 9.85. The van der Waals surface area contributed by atoms with Gasteiger partial charge in [-0.3, -0.25) is 4.79 Å². The van der Waals surface area contributed by atoms with Crippen molar-refractivity contribution in [2.45, 2.75) is 25.7 Å². The minimum Gasteiger partial charge on any atom is -0.325 e. The van der Waals surface area contributed by atoms with Crippen LogP contribution in [0.4, 0.5) is 9.57 Å². The molecule has 0 spiro atoms. The molecule has 0 aliphatic carbocycles. The SMILES string of the molecule is C=C(C)C(C)(C)C(=O)Nc1cccc(S(=O)(=O)F)c1. The second-order valence-corrected chi connectivity index (χ2v) is 6.17. The minimum absolute atomic E-state index is 0.220. The van der Waals surface area contributed by atoms with E-state index in [9.17, 15) is 17.1 Å². The van der Waals surface area contributed by atoms with Crippen LogP contribution in [0.3, 0.4) is 0 Å². The van der Waals surface area contributed by atoms with Crippen molar-refractivity contribution in [3.8, 4) is 0 Å². The van der Waals surface area contributed by atoms with E-state index in [2.05, 4.69) is 11.9 Å². The summed E-state index contributed by atoms with van der Waals surface area (Å²) in [7, 11) is -4.78. The van der Waals surface area contributed by atoms with E-state index >= 15 is 0 Å². The first-order valence-corrected chi connectivity index (χ1v) is 6.95. The molecule has 1 N–H and O–H groups in total. The molecule has 0 bridgehead atoms. The Bertz CT molecular complexity index is 621. The molecule has 6 heteroatoms. The fourth-order valence-electron chi connectivity index (χ4n) is 1.21. The van der Waals surface area contributed by atoms with Crippen molar-refractivity contribution in [2.24, 2.45) is 5.41 Å². The summed E-state index contributed by atoms with van der Waals surface area (Å²) in [4.78, 5) is 11.5. The van der Waals surface area contributed by atoms with Gasteiger partial charge in [0.05, 0.1) is 5.41 Å². The van der Waals surface area contributed by atoms with Crippen molar-refractivity contribution in [3.63, 3.8) is 0 Å². The predicted molar refractivity (Wildman–Crippen MR) is 72.0 cm³/mol. The van der Waals surface area contributed by atoms with E-state index in [0.29, 0.717) is 5.57 Å². The third kappa shape index (κ3) is 3.64. The first-order chi connectivity index (χ1) is 8.55. The van der Waals surface area contributed by atoms with Gasteiger partial charge in [0, 0.05) is 5.69 Å². The van der Waals surface area contributed by atoms with Crippen LogP contribution in [0.25, 0.3) is 0 Å². The van der Waals surface area contributed by atoms with E-state index < -0.39 is 20.5 Å². The van der Waals surface area contributed by atoms with Crippen molar-refractivity contribution < 1.29 is 17.1 Å². The number of anilines is 1. The van der Waals surface area contributed by atoms with Crippen LogP contribution in [0.15, 0.2) is 41.3 Å². The second kappa shape index (κ2) is 5.13. The molecule has 0 aliphatic rings. The van der Waals surface area contributed by atoms with Crippen LogP contribution in [0.5, 0.6) is 0 Å². The lowest BCUT2D eigenvalue weighted by Crippen LogP contribution is -2.31. The summed E-state index contributed by atoms with van der Waals surface area (Å²) in [6.07, 6.45) is 0. The Morgan fingerprint density at radius 3 is 2.42 bits per heavy atom. The highest BCUT2D eigenvalue weighted by molar-refractivity contribution is 7.86. The number of nitrogens with one attached hydrogen (secondary N) is 1. The number of amides is 1. The van der Waals surface area contributed by atoms with Gasteiger partial charge in [-0.05, 0) is 39.0 Å². The minimum atomic E-state index is -4.78. The topological polar surface area (TPSA) is 63.2 Å². The molecular formula is C13H16FNO3S. The number of hydrogen-bond donors (Lipinski definition) is 1. The summed E-state index contributed by atoms with van der Waals surface area (Å²) < 4.78 is 34.4. The molecule has 0 unspecified atom stereocenters. The second-order valence-electron chi connectivity index (χ2n) is 4.83. The molecule has 0 radical (unpaired) electrons. The zero-order valence-electron chi connectivity index (χ0n) is 11.0. The number of carbonyl (C=O) groups excluding carboxylic acids is 1. The van der Waals surface area contributed by atoms with Gasteiger partial charge in [-0.25, -0.2) is 0 Å². The Kier molecular flexibility index (Phi) is 4.15. The smallest absolute Gasteiger partial charge is 0.325 e. The molecule has 0 heterocycles. The molecule has 1 aromatic rings. The highest BCUT2D eigenvalue weighted by Gasteiger charge is 2.28. The first kappa shape index (κ1) is 15.4. The normalized spacial score (nSPS) is 12.0. The molecule has 0 saturated carbocycles. The third-order valence-corrected chi connectivity index (χ3v) is 3.83. The lowest BCUT2D eigenvalue weighted by Gasteiger charge is -2.23. The Hall–Kier alpha value is -1.69. The molecule has 4 nitrogen and oxygen atoms in total. The maximum absolute atomic E-state index is 12.8. The van der Waals surface area contributed by atoms with Gasteiger partial charge in [-0.15, -0.1) is 3.89 Å². The number of benzene rings is 1. The fraction of sp³-hybridized carbons (Fsp3) is 0.308. The summed E-state index contributed by atoms with van der Waals surface area (Å²) in [5, 5.41) is 2.55. The highest BCUT2D eigenvalue weighted by atomic mass is 32.3. The fourth-order valence-corrected chi connectivity index (χ4v) is 1.72. The van der Waals surface area contributed by atoms with E-state index in [1.54, 1.807) is 20.8 Å². The van der Waals surface area contributed by atoms with E-state index in [-0.39, 0.29) is 11.6 Å². The number of halogens is 1. The summed E-state index contributed by atoms with van der Waals surface area (Å²) >= 11 is 0. The third-order valence-electron chi connectivity index (χ3n) is 3.01. The zero-order valence-corrected chi connectivity index (χ0v) is 11.8. The van der Waals surface area contributed by atoms with Crippen LogP contribution in [0.1, 0.15) is 20.8 Å². The molecule has 0 fully saturated rings. The quantitative estimate of drug-likeness (QED) is 0.683. The molecule has 0 atom stereocenters. The first-order valence-electron chi connectivity index (χ1n) is 5.57. The lowest BCUT2D eigenvalue weighted by molar-refractivity contribution is -0.122. The van der Waals surface area contributed by atoms with Gasteiger partial charge < -0.3 is 5.32 Å². The summed E-state index contributed by atoms with van der Waals surface area (Å²) in [5.41, 5.74) is 0.0854. The van der Waals surface area contributed by atoms with Crippen LogP contribution >= 0.6 is 0 Å². The van der Waals surface area contributed by atoms with E-state index in [1.807, 2.05) is 0 Å². The van der Waals surface area contributed by atoms with Gasteiger partial charge in [0.2, 0.25) is 5.91 Å². The number of carbonyl (C=O) groups is 1. The molecule has 1 aromatic carbocycles. The predicted octanol–water partition coefficient (Wildman–Crippen LogP) is 2.89. The summed E-state index contributed by atoms with van der Waals surface area (Å²) in [5.74, 6) is -0.339. The van der Waals surface area contributed by atoms with Crippen LogP contribution in [0.2, 0.25) is 0 Å². The summed E-state index contributed by atoms with van der Waals surface area (Å²) in [6, 6.07) is 5.04. The largest absolute Gasteiger partial charge is 0.332 e. The summed E-state index contributed by atoms with van der Waals surface area (Å²) in [6.45, 7) is 8.84. The molecule has 0 aliphatic heterocycles. The van der Waals surface area contributed by atoms with Crippen molar-refractivity contribution in [2.75, 3.05) is 5.32 Å². The standard InChI is InChI=1S/C13H16FNO3S/c1-9(2)13(3,4)12(16)15-10-6-5-7-11(8-10)19(14,17)18/h5-8H,1H2,2-4H3,(H,15,16). The average molecular weight is 285 g/mol. The molecule has 1 amide bonds. The Morgan fingerprint density at radius 1 is 1.37 bits per heavy atom. The van der Waals surface area contributed by atoms with Crippen LogP contribution < -0.4 is 5.32 Å². The Balaban J connectivity index is 3.02. The highest BCUT2D eigenvalue weighted by Crippen LogP contribution is 2.27. The Labute approximate surface area is 112 Å². The van der Waals surface area contributed by atoms with E-state index in [0.717, 1.165) is 12.1 Å². The molecular weight excluding hydrogens is 269 g/mol. The molecule has 1 rings (SSSR count). The molecule has 0 saturated heterocycles. The van der Waals surface area contributed by atoms with Crippen molar-refractivity contribution in [1.29, 1.82) is 0 Å². The molecule has 104 valence electrons. The number of rotatable bonds is 4. The van der Waals surface area contributed by atoms with Gasteiger partial charge >= 0.3 is 10.2 Å². The van der Waals surface area contributed by atoms with E-state index in [4.69, 9.17) is 0 Å². The van der Waals surface area contributed by atoms with Gasteiger partial charge in [0.1, 0.15) is 4.90 Å². The monoisotopic (exact) mass is 285 g/mol. The van der Waals surface area contributed by atoms with Gasteiger partial charge in [0.15, 0.2) is 0 Å². The van der Waals surface area contributed by atoms with Gasteiger partial charge in [0.25, 0.3) is 0 Å². The molecule has 0 aromatic heterocycles. The van der Waals surface area contributed by atoms with Crippen molar-refractivity contribution in [3.05, 3.63) is 36.4 Å². The van der Waals surface area contributed by atoms with Crippen LogP contribution in [0, 0.1) is 5.41 Å². The van der Waals surface area contributed by atoms with E-state index in [1.165, 1.54) is 12.1 Å². The zero-order chi connectivity index (χ0) is 14.8. The van der Waals surface area contributed by atoms with Gasteiger partial charge in [-0.2, -0.15) is 8.42 Å². The van der Waals surface area contributed by atoms with Crippen LogP contribution in [-0.2, 0) is 15.0 Å². The van der Waals surface area contributed by atoms with Crippen molar-refractivity contribution >= 4 is 21.8 Å². The number of hydrogen-bond acceptors (Lipinski definition) is 3. The van der Waals surface area contributed by atoms with Gasteiger partial charge in [-0.1, -0.05) is 18.2 Å². The maximum atomic E-state index is 12.8. The maximum Gasteiger partial charge on any atom is 0.332 e. The van der Waals surface area contributed by atoms with Crippen LogP contribution in [-0.4, -0.2) is 14.3 Å². The average Bonchev–Trinajstić information content (AvgIpc) is 2.27. The molecule has 19 heavy (non-hydrogen) atoms. The Morgan fingerprint density at radius 2 is 1.95 bits per heavy atom. The van der Waals surface area contributed by atoms with Crippen molar-refractivity contribution in [1.82, 2.24) is 0 Å².